The van der Waals surface area contributed by atoms with Gasteiger partial charge in [-0.25, -0.2) is 4.98 Å². The third-order valence-corrected chi connectivity index (χ3v) is 5.29. The maximum atomic E-state index is 4.31. The maximum Gasteiger partial charge on any atom is 0.106 e. The maximum absolute atomic E-state index is 4.31. The van der Waals surface area contributed by atoms with E-state index >= 15 is 0 Å². The van der Waals surface area contributed by atoms with Crippen molar-refractivity contribution < 1.29 is 0 Å². The van der Waals surface area contributed by atoms with E-state index in [0.717, 1.165) is 29.6 Å². The molecule has 3 nitrogen and oxygen atoms in total. The zero-order valence-electron chi connectivity index (χ0n) is 23.3. The van der Waals surface area contributed by atoms with Gasteiger partial charge >= 0.3 is 0 Å². The number of nitrogens with zero attached hydrogens (tertiary/aromatic N) is 3. The first kappa shape index (κ1) is 33.4. The van der Waals surface area contributed by atoms with Crippen LogP contribution in [-0.2, 0) is 6.42 Å². The number of halogens is 1. The molecule has 0 aromatic carbocycles. The predicted molar refractivity (Wildman–Crippen MR) is 162 cm³/mol. The van der Waals surface area contributed by atoms with Gasteiger partial charge in [0.15, 0.2) is 0 Å². The lowest BCUT2D eigenvalue weighted by Gasteiger charge is -1.99. The van der Waals surface area contributed by atoms with Crippen LogP contribution in [0, 0.1) is 20.8 Å². The number of hydrogen-bond donors (Lipinski definition) is 0. The second-order valence-electron chi connectivity index (χ2n) is 8.58. The molecule has 0 aliphatic carbocycles. The number of pyridine rings is 3. The van der Waals surface area contributed by atoms with Crippen molar-refractivity contribution in [2.24, 2.45) is 0 Å². The van der Waals surface area contributed by atoms with E-state index in [1.54, 1.807) is 6.20 Å². The van der Waals surface area contributed by atoms with Gasteiger partial charge in [0.2, 0.25) is 0 Å². The van der Waals surface area contributed by atoms with Gasteiger partial charge in [-0.1, -0.05) is 52.2 Å². The molecule has 0 atom stereocenters. The van der Waals surface area contributed by atoms with Crippen LogP contribution in [-0.4, -0.2) is 15.0 Å². The van der Waals surface area contributed by atoms with E-state index in [1.165, 1.54) is 48.1 Å². The molecule has 0 amide bonds. The van der Waals surface area contributed by atoms with Crippen molar-refractivity contribution in [1.82, 2.24) is 15.0 Å². The zero-order chi connectivity index (χ0) is 27.0. The lowest BCUT2D eigenvalue weighted by molar-refractivity contribution is 0.707. The average Bonchev–Trinajstić information content (AvgIpc) is 2.85. The highest BCUT2D eigenvalue weighted by molar-refractivity contribution is 9.10. The fraction of sp³-hybridized carbons (Fsp3) is 0.406. The third kappa shape index (κ3) is 19.7. The summed E-state index contributed by atoms with van der Waals surface area (Å²) in [6.45, 7) is 16.2. The number of rotatable bonds is 8. The van der Waals surface area contributed by atoms with E-state index in [2.05, 4.69) is 96.4 Å². The molecule has 3 aromatic rings. The Morgan fingerprint density at radius 2 is 1.36 bits per heavy atom. The van der Waals surface area contributed by atoms with E-state index in [-0.39, 0.29) is 0 Å². The van der Waals surface area contributed by atoms with E-state index in [1.807, 2.05) is 49.7 Å². The first-order valence-corrected chi connectivity index (χ1v) is 13.8. The summed E-state index contributed by atoms with van der Waals surface area (Å²) in [4.78, 5) is 12.5. The van der Waals surface area contributed by atoms with Crippen LogP contribution in [0.2, 0.25) is 0 Å². The van der Waals surface area contributed by atoms with Gasteiger partial charge in [-0.15, -0.1) is 6.58 Å². The van der Waals surface area contributed by atoms with Gasteiger partial charge in [0, 0.05) is 24.3 Å². The summed E-state index contributed by atoms with van der Waals surface area (Å²) in [5.74, 6) is 0. The van der Waals surface area contributed by atoms with Crippen LogP contribution < -0.4 is 0 Å². The molecule has 0 aliphatic heterocycles. The SMILES string of the molecule is C=CCC.CCC/C=C/c1cc(C)ccn1.CCCCCc1cc(C)ccn1.Cc1ccnc(Br)c1. The van der Waals surface area contributed by atoms with Crippen LogP contribution >= 0.6 is 15.9 Å². The zero-order valence-corrected chi connectivity index (χ0v) is 24.9. The second kappa shape index (κ2) is 22.8. The van der Waals surface area contributed by atoms with E-state index in [9.17, 15) is 0 Å². The van der Waals surface area contributed by atoms with Gasteiger partial charge in [0.1, 0.15) is 4.60 Å². The molecule has 3 rings (SSSR count). The Hall–Kier alpha value is -2.59. The largest absolute Gasteiger partial charge is 0.261 e. The quantitative estimate of drug-likeness (QED) is 0.159. The Labute approximate surface area is 229 Å². The molecule has 0 N–H and O–H groups in total. The minimum absolute atomic E-state index is 0.900. The van der Waals surface area contributed by atoms with Crippen molar-refractivity contribution in [3.8, 4) is 0 Å². The van der Waals surface area contributed by atoms with E-state index < -0.39 is 0 Å². The van der Waals surface area contributed by atoms with Crippen LogP contribution in [0.4, 0.5) is 0 Å². The molecule has 0 bridgehead atoms. The summed E-state index contributed by atoms with van der Waals surface area (Å²) in [5.41, 5.74) is 6.11. The summed E-state index contributed by atoms with van der Waals surface area (Å²) in [6.07, 6.45) is 20.1. The molecule has 0 saturated carbocycles. The van der Waals surface area contributed by atoms with E-state index in [0.29, 0.717) is 0 Å². The molecule has 0 saturated heterocycles. The fourth-order valence-corrected chi connectivity index (χ4v) is 3.29. The molecule has 196 valence electrons. The Morgan fingerprint density at radius 1 is 0.778 bits per heavy atom. The first-order valence-electron chi connectivity index (χ1n) is 13.1. The van der Waals surface area contributed by atoms with Crippen molar-refractivity contribution in [2.45, 2.75) is 86.5 Å². The molecule has 36 heavy (non-hydrogen) atoms. The van der Waals surface area contributed by atoms with Crippen molar-refractivity contribution >= 4 is 22.0 Å². The van der Waals surface area contributed by atoms with Crippen molar-refractivity contribution in [3.05, 3.63) is 106 Å². The molecule has 0 radical (unpaired) electrons. The first-order chi connectivity index (χ1) is 17.4. The molecular formula is C32H46BrN3. The van der Waals surface area contributed by atoms with Crippen LogP contribution in [0.25, 0.3) is 6.08 Å². The molecule has 0 unspecified atom stereocenters. The molecule has 4 heteroatoms. The Balaban J connectivity index is 0.000000483. The number of aromatic nitrogens is 3. The highest BCUT2D eigenvalue weighted by atomic mass is 79.9. The average molecular weight is 553 g/mol. The Bertz CT molecular complexity index is 965. The fourth-order valence-electron chi connectivity index (χ4n) is 2.81. The Kier molecular flexibility index (Phi) is 21.2. The van der Waals surface area contributed by atoms with Crippen LogP contribution in [0.1, 0.15) is 87.4 Å². The summed E-state index contributed by atoms with van der Waals surface area (Å²) in [7, 11) is 0. The third-order valence-electron chi connectivity index (χ3n) is 4.86. The molecule has 3 aromatic heterocycles. The minimum Gasteiger partial charge on any atom is -0.261 e. The second-order valence-corrected chi connectivity index (χ2v) is 9.40. The number of unbranched alkanes of at least 4 members (excludes halogenated alkanes) is 3. The van der Waals surface area contributed by atoms with Crippen molar-refractivity contribution in [2.75, 3.05) is 0 Å². The summed E-state index contributed by atoms with van der Waals surface area (Å²) >= 11 is 3.25. The number of allylic oxidation sites excluding steroid dienone is 2. The van der Waals surface area contributed by atoms with E-state index in [4.69, 9.17) is 0 Å². The van der Waals surface area contributed by atoms with Gasteiger partial charge in [-0.3, -0.25) is 9.97 Å². The summed E-state index contributed by atoms with van der Waals surface area (Å²) < 4.78 is 0.900. The Morgan fingerprint density at radius 3 is 1.83 bits per heavy atom. The predicted octanol–water partition coefficient (Wildman–Crippen LogP) is 10.1. The normalized spacial score (nSPS) is 9.75. The number of aryl methyl sites for hydroxylation is 4. The topological polar surface area (TPSA) is 38.7 Å². The van der Waals surface area contributed by atoms with Gasteiger partial charge in [0.05, 0.1) is 5.69 Å². The summed E-state index contributed by atoms with van der Waals surface area (Å²) in [6, 6.07) is 12.3. The van der Waals surface area contributed by atoms with Crippen LogP contribution in [0.15, 0.2) is 78.3 Å². The van der Waals surface area contributed by atoms with Crippen molar-refractivity contribution in [1.29, 1.82) is 0 Å². The van der Waals surface area contributed by atoms with Gasteiger partial charge in [-0.2, -0.15) is 0 Å². The van der Waals surface area contributed by atoms with Gasteiger partial charge in [-0.05, 0) is 122 Å². The minimum atomic E-state index is 0.900. The van der Waals surface area contributed by atoms with Gasteiger partial charge < -0.3 is 0 Å². The standard InChI is InChI=1S/C11H17N.C11H15N.C6H6BrN.C4H8/c2*1-3-4-5-6-11-9-10(2)7-8-12-11;1-5-2-3-8-6(7)4-5;1-3-4-2/h7-9H,3-6H2,1-2H3;5-9H,3-4H2,1-2H3;2-4H,1H3;3H,1,4H2,2H3/b;6-5+;;. The summed E-state index contributed by atoms with van der Waals surface area (Å²) in [5, 5.41) is 0. The molecule has 0 fully saturated rings. The highest BCUT2D eigenvalue weighted by Crippen LogP contribution is 2.06. The van der Waals surface area contributed by atoms with Crippen molar-refractivity contribution in [3.63, 3.8) is 0 Å². The smallest absolute Gasteiger partial charge is 0.106 e. The van der Waals surface area contributed by atoms with Crippen LogP contribution in [0.3, 0.4) is 0 Å². The highest BCUT2D eigenvalue weighted by Gasteiger charge is 1.93. The lowest BCUT2D eigenvalue weighted by Crippen LogP contribution is -1.90. The number of hydrogen-bond acceptors (Lipinski definition) is 3. The molecule has 0 spiro atoms. The van der Waals surface area contributed by atoms with Crippen LogP contribution in [0.5, 0.6) is 0 Å². The lowest BCUT2D eigenvalue weighted by atomic mass is 10.1. The molecule has 3 heterocycles. The van der Waals surface area contributed by atoms with Gasteiger partial charge in [0.25, 0.3) is 0 Å². The molecule has 0 aliphatic rings. The monoisotopic (exact) mass is 551 g/mol. The molecular weight excluding hydrogens is 506 g/mol.